The highest BCUT2D eigenvalue weighted by Crippen LogP contribution is 2.17. The fourth-order valence-corrected chi connectivity index (χ4v) is 1.68. The number of hydrogen-bond donors (Lipinski definition) is 1. The Kier molecular flexibility index (Phi) is 2.05. The standard InChI is InChI=1S/C9H16N2O/c1-7-2-4-11(5-3-7)9(12)8-6-10-8/h7-8,10H,2-6H2,1H3. The Balaban J connectivity index is 1.84. The van der Waals surface area contributed by atoms with Crippen LogP contribution < -0.4 is 5.32 Å². The van der Waals surface area contributed by atoms with Gasteiger partial charge in [0.15, 0.2) is 0 Å². The Morgan fingerprint density at radius 3 is 2.50 bits per heavy atom. The van der Waals surface area contributed by atoms with Crippen LogP contribution >= 0.6 is 0 Å². The quantitative estimate of drug-likeness (QED) is 0.569. The van der Waals surface area contributed by atoms with Gasteiger partial charge in [-0.3, -0.25) is 4.79 Å². The predicted molar refractivity (Wildman–Crippen MR) is 46.8 cm³/mol. The first kappa shape index (κ1) is 8.05. The number of nitrogens with zero attached hydrogens (tertiary/aromatic N) is 1. The number of carbonyl (C=O) groups excluding carboxylic acids is 1. The monoisotopic (exact) mass is 168 g/mol. The zero-order valence-electron chi connectivity index (χ0n) is 7.55. The lowest BCUT2D eigenvalue weighted by molar-refractivity contribution is -0.131. The van der Waals surface area contributed by atoms with Crippen molar-refractivity contribution in [1.29, 1.82) is 0 Å². The molecule has 1 unspecified atom stereocenters. The van der Waals surface area contributed by atoms with Gasteiger partial charge in [-0.05, 0) is 18.8 Å². The summed E-state index contributed by atoms with van der Waals surface area (Å²) in [4.78, 5) is 13.5. The third-order valence-electron chi connectivity index (χ3n) is 2.80. The first-order valence-corrected chi connectivity index (χ1v) is 4.79. The molecule has 3 heteroatoms. The fourth-order valence-electron chi connectivity index (χ4n) is 1.68. The third kappa shape index (κ3) is 1.61. The molecule has 0 spiro atoms. The van der Waals surface area contributed by atoms with Crippen molar-refractivity contribution in [2.24, 2.45) is 5.92 Å². The molecule has 2 aliphatic heterocycles. The van der Waals surface area contributed by atoms with Crippen molar-refractivity contribution < 1.29 is 4.79 Å². The highest BCUT2D eigenvalue weighted by atomic mass is 16.2. The van der Waals surface area contributed by atoms with Crippen LogP contribution in [0.2, 0.25) is 0 Å². The Morgan fingerprint density at radius 1 is 1.42 bits per heavy atom. The second-order valence-corrected chi connectivity index (χ2v) is 3.97. The third-order valence-corrected chi connectivity index (χ3v) is 2.80. The summed E-state index contributed by atoms with van der Waals surface area (Å²) in [5, 5.41) is 3.05. The maximum absolute atomic E-state index is 11.5. The normalized spacial score (nSPS) is 30.4. The highest BCUT2D eigenvalue weighted by Gasteiger charge is 2.33. The summed E-state index contributed by atoms with van der Waals surface area (Å²) in [6.07, 6.45) is 2.36. The van der Waals surface area contributed by atoms with Gasteiger partial charge in [-0.25, -0.2) is 0 Å². The molecule has 0 saturated carbocycles. The number of hydrogen-bond acceptors (Lipinski definition) is 2. The van der Waals surface area contributed by atoms with Crippen molar-refractivity contribution in [3.8, 4) is 0 Å². The van der Waals surface area contributed by atoms with E-state index in [9.17, 15) is 4.79 Å². The molecule has 12 heavy (non-hydrogen) atoms. The van der Waals surface area contributed by atoms with Crippen LogP contribution in [0.4, 0.5) is 0 Å². The van der Waals surface area contributed by atoms with Crippen molar-refractivity contribution in [2.45, 2.75) is 25.8 Å². The van der Waals surface area contributed by atoms with Crippen LogP contribution in [0.3, 0.4) is 0 Å². The summed E-state index contributed by atoms with van der Waals surface area (Å²) in [7, 11) is 0. The number of nitrogens with one attached hydrogen (secondary N) is 1. The zero-order chi connectivity index (χ0) is 8.55. The second-order valence-electron chi connectivity index (χ2n) is 3.97. The minimum atomic E-state index is 0.165. The van der Waals surface area contributed by atoms with Crippen LogP contribution in [0, 0.1) is 5.92 Å². The summed E-state index contributed by atoms with van der Waals surface area (Å²) in [5.41, 5.74) is 0. The van der Waals surface area contributed by atoms with Gasteiger partial charge in [0, 0.05) is 19.6 Å². The van der Waals surface area contributed by atoms with Gasteiger partial charge in [-0.15, -0.1) is 0 Å². The van der Waals surface area contributed by atoms with Crippen LogP contribution in [-0.2, 0) is 4.79 Å². The first-order valence-electron chi connectivity index (χ1n) is 4.79. The number of rotatable bonds is 1. The van der Waals surface area contributed by atoms with Crippen LogP contribution in [0.15, 0.2) is 0 Å². The number of likely N-dealkylation sites (tertiary alicyclic amines) is 1. The SMILES string of the molecule is CC1CCN(C(=O)C2CN2)CC1. The smallest absolute Gasteiger partial charge is 0.241 e. The van der Waals surface area contributed by atoms with Gasteiger partial charge >= 0.3 is 0 Å². The van der Waals surface area contributed by atoms with Gasteiger partial charge in [0.25, 0.3) is 0 Å². The highest BCUT2D eigenvalue weighted by molar-refractivity contribution is 5.84. The van der Waals surface area contributed by atoms with E-state index < -0.39 is 0 Å². The molecule has 0 aromatic rings. The van der Waals surface area contributed by atoms with E-state index in [2.05, 4.69) is 12.2 Å². The molecular weight excluding hydrogens is 152 g/mol. The second kappa shape index (κ2) is 3.05. The van der Waals surface area contributed by atoms with Gasteiger partial charge in [0.2, 0.25) is 5.91 Å². The van der Waals surface area contributed by atoms with E-state index in [1.807, 2.05) is 4.90 Å². The molecular formula is C9H16N2O. The first-order chi connectivity index (χ1) is 5.77. The molecule has 2 aliphatic rings. The average molecular weight is 168 g/mol. The van der Waals surface area contributed by atoms with E-state index >= 15 is 0 Å². The van der Waals surface area contributed by atoms with Crippen molar-refractivity contribution >= 4 is 5.91 Å². The molecule has 1 N–H and O–H groups in total. The lowest BCUT2D eigenvalue weighted by Gasteiger charge is -2.30. The molecule has 68 valence electrons. The summed E-state index contributed by atoms with van der Waals surface area (Å²) in [5.74, 6) is 1.13. The molecule has 3 nitrogen and oxygen atoms in total. The average Bonchev–Trinajstić information content (AvgIpc) is 2.87. The van der Waals surface area contributed by atoms with E-state index in [-0.39, 0.29) is 6.04 Å². The summed E-state index contributed by atoms with van der Waals surface area (Å²) >= 11 is 0. The summed E-state index contributed by atoms with van der Waals surface area (Å²) in [6, 6.07) is 0.165. The number of carbonyl (C=O) groups is 1. The molecule has 1 amide bonds. The van der Waals surface area contributed by atoms with Gasteiger partial charge in [0.1, 0.15) is 0 Å². The lowest BCUT2D eigenvalue weighted by atomic mass is 9.99. The van der Waals surface area contributed by atoms with Crippen molar-refractivity contribution in [2.75, 3.05) is 19.6 Å². The lowest BCUT2D eigenvalue weighted by Crippen LogP contribution is -2.40. The Labute approximate surface area is 73.1 Å². The maximum Gasteiger partial charge on any atom is 0.241 e. The molecule has 2 saturated heterocycles. The molecule has 2 heterocycles. The number of amides is 1. The largest absolute Gasteiger partial charge is 0.341 e. The Bertz CT molecular complexity index is 181. The predicted octanol–water partition coefficient (Wildman–Crippen LogP) is 0.217. The molecule has 0 bridgehead atoms. The topological polar surface area (TPSA) is 42.2 Å². The van der Waals surface area contributed by atoms with Crippen LogP contribution in [0.5, 0.6) is 0 Å². The van der Waals surface area contributed by atoms with Crippen molar-refractivity contribution in [3.63, 3.8) is 0 Å². The van der Waals surface area contributed by atoms with Gasteiger partial charge in [-0.2, -0.15) is 0 Å². The molecule has 0 radical (unpaired) electrons. The van der Waals surface area contributed by atoms with Gasteiger partial charge in [0.05, 0.1) is 6.04 Å². The van der Waals surface area contributed by atoms with Crippen molar-refractivity contribution in [3.05, 3.63) is 0 Å². The molecule has 2 fully saturated rings. The van der Waals surface area contributed by atoms with E-state index in [0.717, 1.165) is 25.6 Å². The molecule has 2 rings (SSSR count). The van der Waals surface area contributed by atoms with Crippen LogP contribution in [0.1, 0.15) is 19.8 Å². The molecule has 0 aromatic heterocycles. The van der Waals surface area contributed by atoms with E-state index in [1.165, 1.54) is 12.8 Å². The Morgan fingerprint density at radius 2 is 2.00 bits per heavy atom. The van der Waals surface area contributed by atoms with Crippen molar-refractivity contribution in [1.82, 2.24) is 10.2 Å². The van der Waals surface area contributed by atoms with Gasteiger partial charge in [-0.1, -0.05) is 6.92 Å². The molecule has 0 aromatic carbocycles. The Hall–Kier alpha value is -0.570. The molecule has 0 aliphatic carbocycles. The van der Waals surface area contributed by atoms with Crippen LogP contribution in [-0.4, -0.2) is 36.5 Å². The summed E-state index contributed by atoms with van der Waals surface area (Å²) in [6.45, 7) is 5.10. The maximum atomic E-state index is 11.5. The number of piperidine rings is 1. The summed E-state index contributed by atoms with van der Waals surface area (Å²) < 4.78 is 0. The molecule has 1 atom stereocenters. The van der Waals surface area contributed by atoms with Crippen LogP contribution in [0.25, 0.3) is 0 Å². The van der Waals surface area contributed by atoms with E-state index in [1.54, 1.807) is 0 Å². The minimum absolute atomic E-state index is 0.165. The van der Waals surface area contributed by atoms with Gasteiger partial charge < -0.3 is 10.2 Å². The zero-order valence-corrected chi connectivity index (χ0v) is 7.55. The fraction of sp³-hybridized carbons (Fsp3) is 0.889. The van der Waals surface area contributed by atoms with E-state index in [0.29, 0.717) is 5.91 Å². The minimum Gasteiger partial charge on any atom is -0.341 e. The van der Waals surface area contributed by atoms with E-state index in [4.69, 9.17) is 0 Å².